The van der Waals surface area contributed by atoms with Crippen LogP contribution in [0, 0.1) is 23.2 Å². The fraction of sp³-hybridized carbons (Fsp3) is 0. The molecule has 0 radical (unpaired) electrons. The summed E-state index contributed by atoms with van der Waals surface area (Å²) in [7, 11) is 0. The summed E-state index contributed by atoms with van der Waals surface area (Å²) < 4.78 is 6.36. The van der Waals surface area contributed by atoms with Gasteiger partial charge in [0, 0.05) is 29.3 Å². The lowest BCUT2D eigenvalue weighted by Gasteiger charge is -2.03. The van der Waals surface area contributed by atoms with E-state index in [9.17, 15) is 14.7 Å². The summed E-state index contributed by atoms with van der Waals surface area (Å²) in [5.41, 5.74) is 1.74. The van der Waals surface area contributed by atoms with Crippen LogP contribution in [0.3, 0.4) is 0 Å². The van der Waals surface area contributed by atoms with Crippen molar-refractivity contribution in [2.24, 2.45) is 0 Å². The maximum Gasteiger partial charge on any atom is 0.326 e. The van der Waals surface area contributed by atoms with Crippen LogP contribution < -0.4 is 20.4 Å². The Morgan fingerprint density at radius 3 is 2.43 bits per heavy atom. The summed E-state index contributed by atoms with van der Waals surface area (Å²) in [6.07, 6.45) is 1.42. The summed E-state index contributed by atoms with van der Waals surface area (Å²) in [6.45, 7) is 0. The largest absolute Gasteiger partial charge is 0.545 e. The highest BCUT2D eigenvalue weighted by atomic mass is 16.5. The first-order valence-corrected chi connectivity index (χ1v) is 7.84. The van der Waals surface area contributed by atoms with Crippen LogP contribution in [0.25, 0.3) is 5.69 Å². The highest BCUT2D eigenvalue weighted by molar-refractivity contribution is 5.98. The number of nitrogens with zero attached hydrogens (tertiary/aromatic N) is 3. The molecule has 0 unspecified atom stereocenters. The van der Waals surface area contributed by atoms with Crippen LogP contribution in [0.1, 0.15) is 15.9 Å². The van der Waals surface area contributed by atoms with Crippen molar-refractivity contribution in [1.29, 1.82) is 5.26 Å². The number of benzene rings is 2. The summed E-state index contributed by atoms with van der Waals surface area (Å²) in [6, 6.07) is 13.6. The lowest BCUT2D eigenvalue weighted by molar-refractivity contribution is -0.670. The average molecular weight is 373 g/mol. The molecule has 3 aromatic rings. The van der Waals surface area contributed by atoms with Crippen LogP contribution in [0.2, 0.25) is 0 Å². The van der Waals surface area contributed by atoms with Crippen molar-refractivity contribution in [3.8, 4) is 23.6 Å². The van der Waals surface area contributed by atoms with Gasteiger partial charge >= 0.3 is 11.9 Å². The zero-order valence-corrected chi connectivity index (χ0v) is 14.2. The first kappa shape index (κ1) is 18.2. The number of carbonyl (C=O) groups excluding carboxylic acids is 2. The number of anilines is 2. The van der Waals surface area contributed by atoms with Gasteiger partial charge in [-0.05, 0) is 46.6 Å². The first-order valence-electron chi connectivity index (χ1n) is 7.84. The number of aromatic carboxylic acids is 1. The van der Waals surface area contributed by atoms with Gasteiger partial charge in [-0.25, -0.2) is 4.79 Å². The molecule has 3 rings (SSSR count). The van der Waals surface area contributed by atoms with E-state index in [-0.39, 0.29) is 11.4 Å². The van der Waals surface area contributed by atoms with E-state index in [1.807, 2.05) is 0 Å². The molecule has 0 saturated heterocycles. The molecule has 0 fully saturated rings. The number of carboxylic acids is 1. The molecule has 0 aliphatic carbocycles. The molecule has 0 aliphatic rings. The third-order valence-corrected chi connectivity index (χ3v) is 3.48. The Labute approximate surface area is 158 Å². The zero-order valence-electron chi connectivity index (χ0n) is 14.2. The van der Waals surface area contributed by atoms with Crippen LogP contribution in [-0.4, -0.2) is 17.3 Å². The van der Waals surface area contributed by atoms with E-state index >= 15 is 0 Å². The molecule has 2 aromatic carbocycles. The van der Waals surface area contributed by atoms with E-state index in [1.165, 1.54) is 35.1 Å². The van der Waals surface area contributed by atoms with E-state index in [1.54, 1.807) is 30.3 Å². The second-order valence-electron chi connectivity index (χ2n) is 5.36. The van der Waals surface area contributed by atoms with Gasteiger partial charge in [-0.2, -0.15) is 5.26 Å². The molecule has 2 amide bonds. The van der Waals surface area contributed by atoms with Crippen LogP contribution in [0.4, 0.5) is 16.4 Å². The lowest BCUT2D eigenvalue weighted by Crippen LogP contribution is -2.31. The van der Waals surface area contributed by atoms with Gasteiger partial charge < -0.3 is 15.2 Å². The number of hydrogen-bond acceptors (Lipinski definition) is 6. The van der Waals surface area contributed by atoms with Gasteiger partial charge in [0.15, 0.2) is 6.07 Å². The Balaban J connectivity index is 1.62. The number of carbonyl (C=O) groups is 2. The van der Waals surface area contributed by atoms with Crippen molar-refractivity contribution in [3.05, 3.63) is 65.9 Å². The number of nitrogens with one attached hydrogen (secondary N) is 2. The van der Waals surface area contributed by atoms with Gasteiger partial charge in [-0.1, -0.05) is 5.92 Å². The minimum absolute atomic E-state index is 0.0372. The molecule has 136 valence electrons. The van der Waals surface area contributed by atoms with Gasteiger partial charge in [0.1, 0.15) is 0 Å². The Morgan fingerprint density at radius 1 is 1.07 bits per heavy atom. The molecule has 0 spiro atoms. The summed E-state index contributed by atoms with van der Waals surface area (Å²) in [4.78, 5) is 22.8. The van der Waals surface area contributed by atoms with Crippen LogP contribution >= 0.6 is 0 Å². The molecule has 0 bridgehead atoms. The normalized spacial score (nSPS) is 9.54. The van der Waals surface area contributed by atoms with Crippen LogP contribution in [0.5, 0.6) is 0 Å². The number of urea groups is 1. The summed E-state index contributed by atoms with van der Waals surface area (Å²) >= 11 is 0. The molecule has 0 aliphatic heterocycles. The zero-order chi connectivity index (χ0) is 19.9. The molecular formula is C19H11N5O4. The number of carboxylic acid groups (broad SMARTS) is 1. The Morgan fingerprint density at radius 2 is 1.79 bits per heavy atom. The van der Waals surface area contributed by atoms with E-state index in [2.05, 4.69) is 27.7 Å². The van der Waals surface area contributed by atoms with Crippen LogP contribution in [0.15, 0.2) is 59.3 Å². The van der Waals surface area contributed by atoms with Crippen molar-refractivity contribution in [1.82, 2.24) is 5.27 Å². The third-order valence-electron chi connectivity index (χ3n) is 3.48. The number of rotatable bonds is 4. The SMILES string of the molecule is N#CC#Cc1ccc(NC(=O)Nc2c[n+](-c3ccc(C(=O)[O-])cc3)no2)cc1. The predicted molar refractivity (Wildman–Crippen MR) is 93.9 cm³/mol. The molecule has 9 heteroatoms. The summed E-state index contributed by atoms with van der Waals surface area (Å²) in [5.74, 6) is 3.73. The number of hydrogen-bond donors (Lipinski definition) is 2. The fourth-order valence-electron chi connectivity index (χ4n) is 2.18. The van der Waals surface area contributed by atoms with Crippen molar-refractivity contribution in [2.75, 3.05) is 10.6 Å². The van der Waals surface area contributed by atoms with Crippen LogP contribution in [-0.2, 0) is 0 Å². The minimum Gasteiger partial charge on any atom is -0.545 e. The van der Waals surface area contributed by atoms with Gasteiger partial charge in [-0.15, -0.1) is 0 Å². The quantitative estimate of drug-likeness (QED) is 0.514. The Kier molecular flexibility index (Phi) is 5.30. The molecule has 1 heterocycles. The molecule has 2 N–H and O–H groups in total. The fourth-order valence-corrected chi connectivity index (χ4v) is 2.18. The Hall–Kier alpha value is -4.63. The standard InChI is InChI=1S/C19H11N5O4/c20-11-1-2-13-3-7-15(8-4-13)21-19(27)22-17-12-24(23-28-17)16-9-5-14(6-10-16)18(25)26/h3-10,12H,(H2-,21,22,23,25,26,27). The maximum atomic E-state index is 12.0. The maximum absolute atomic E-state index is 12.0. The van der Waals surface area contributed by atoms with Gasteiger partial charge in [0.05, 0.1) is 5.97 Å². The second kappa shape index (κ2) is 8.17. The highest BCUT2D eigenvalue weighted by Gasteiger charge is 2.16. The van der Waals surface area contributed by atoms with Crippen molar-refractivity contribution >= 4 is 23.6 Å². The summed E-state index contributed by atoms with van der Waals surface area (Å²) in [5, 5.41) is 28.0. The molecule has 9 nitrogen and oxygen atoms in total. The van der Waals surface area contributed by atoms with E-state index in [4.69, 9.17) is 9.78 Å². The van der Waals surface area contributed by atoms with Gasteiger partial charge in [-0.3, -0.25) is 9.84 Å². The Bertz CT molecular complexity index is 1120. The smallest absolute Gasteiger partial charge is 0.326 e. The lowest BCUT2D eigenvalue weighted by atomic mass is 10.2. The van der Waals surface area contributed by atoms with Gasteiger partial charge in [0.25, 0.3) is 6.20 Å². The van der Waals surface area contributed by atoms with E-state index in [0.29, 0.717) is 16.9 Å². The minimum atomic E-state index is -1.28. The first-order chi connectivity index (χ1) is 13.5. The van der Waals surface area contributed by atoms with Crippen molar-refractivity contribution in [2.45, 2.75) is 0 Å². The van der Waals surface area contributed by atoms with Crippen molar-refractivity contribution < 1.29 is 23.9 Å². The van der Waals surface area contributed by atoms with E-state index < -0.39 is 12.0 Å². The van der Waals surface area contributed by atoms with E-state index in [0.717, 1.165) is 0 Å². The number of nitriles is 1. The number of aromatic nitrogens is 2. The highest BCUT2D eigenvalue weighted by Crippen LogP contribution is 2.11. The third kappa shape index (κ3) is 4.50. The predicted octanol–water partition coefficient (Wildman–Crippen LogP) is 0.834. The molecular weight excluding hydrogens is 362 g/mol. The molecule has 28 heavy (non-hydrogen) atoms. The molecule has 0 saturated carbocycles. The average Bonchev–Trinajstić information content (AvgIpc) is 3.16. The molecule has 1 aromatic heterocycles. The van der Waals surface area contributed by atoms with Gasteiger partial charge in [0.2, 0.25) is 11.0 Å². The topological polar surface area (TPSA) is 135 Å². The second-order valence-corrected chi connectivity index (χ2v) is 5.36. The van der Waals surface area contributed by atoms with Crippen molar-refractivity contribution in [3.63, 3.8) is 0 Å². The molecule has 0 atom stereocenters. The monoisotopic (exact) mass is 373 g/mol. The number of amides is 2.